The van der Waals surface area contributed by atoms with Gasteiger partial charge in [0, 0.05) is 12.1 Å². The number of halogens is 1. The molecule has 0 amide bonds. The number of fused-ring (bicyclic) bond motifs is 2. The minimum Gasteiger partial charge on any atom is -0.545 e. The molecule has 2 heterocycles. The number of carboxylic acid groups (broad SMARTS) is 2. The molecule has 1 N–H and O–H groups in total. The number of hydrogen-bond acceptors (Lipinski definition) is 7. The van der Waals surface area contributed by atoms with Gasteiger partial charge in [-0.25, -0.2) is 4.39 Å². The SMILES string of the molecule is Fc1ccc(C23CNCC(CO2)O3)cc1.O=C([O-])/C=C\C(=O)[O-]. The van der Waals surface area contributed by atoms with E-state index in [1.165, 1.54) is 12.1 Å². The second-order valence-corrected chi connectivity index (χ2v) is 4.91. The molecule has 3 rings (SSSR count). The van der Waals surface area contributed by atoms with Crippen LogP contribution >= 0.6 is 0 Å². The molecule has 2 bridgehead atoms. The lowest BCUT2D eigenvalue weighted by atomic mass is 10.0. The summed E-state index contributed by atoms with van der Waals surface area (Å²) in [5.41, 5.74) is 0.874. The number of carbonyl (C=O) groups is 2. The molecule has 0 saturated carbocycles. The standard InChI is InChI=1S/C11H12FNO2.C4H4O4/c12-9-3-1-8(2-4-9)11-7-13-5-10(15-11)6-14-11;5-3(6)1-2-4(7)8/h1-4,10,13H,5-7H2;1-2H,(H,5,6)(H,7,8)/p-2/b;2-1-. The molecule has 8 heteroatoms. The second-order valence-electron chi connectivity index (χ2n) is 4.91. The Bertz CT molecular complexity index is 582. The van der Waals surface area contributed by atoms with Crippen molar-refractivity contribution in [1.29, 1.82) is 0 Å². The number of hydrogen-bond donors (Lipinski definition) is 1. The number of morpholine rings is 1. The minimum absolute atomic E-state index is 0.115. The summed E-state index contributed by atoms with van der Waals surface area (Å²) in [6, 6.07) is 6.28. The van der Waals surface area contributed by atoms with E-state index in [9.17, 15) is 24.2 Å². The van der Waals surface area contributed by atoms with Crippen molar-refractivity contribution in [3.63, 3.8) is 0 Å². The van der Waals surface area contributed by atoms with E-state index < -0.39 is 17.7 Å². The molecule has 0 aromatic heterocycles. The zero-order chi connectivity index (χ0) is 16.9. The molecule has 124 valence electrons. The molecular formula is C15H14FNO6-2. The lowest BCUT2D eigenvalue weighted by molar-refractivity contribution is -0.301. The highest BCUT2D eigenvalue weighted by atomic mass is 19.1. The minimum atomic E-state index is -1.55. The summed E-state index contributed by atoms with van der Waals surface area (Å²) in [7, 11) is 0. The predicted molar refractivity (Wildman–Crippen MR) is 70.9 cm³/mol. The van der Waals surface area contributed by atoms with Crippen LogP contribution in [0.4, 0.5) is 4.39 Å². The Morgan fingerprint density at radius 2 is 1.83 bits per heavy atom. The maximum atomic E-state index is 12.8. The van der Waals surface area contributed by atoms with E-state index >= 15 is 0 Å². The van der Waals surface area contributed by atoms with Gasteiger partial charge in [-0.2, -0.15) is 0 Å². The number of carboxylic acids is 2. The van der Waals surface area contributed by atoms with Crippen LogP contribution in [0.25, 0.3) is 0 Å². The third-order valence-corrected chi connectivity index (χ3v) is 3.23. The smallest absolute Gasteiger partial charge is 0.208 e. The average Bonchev–Trinajstić information content (AvgIpc) is 2.82. The van der Waals surface area contributed by atoms with Crippen LogP contribution in [0.15, 0.2) is 36.4 Å². The van der Waals surface area contributed by atoms with Crippen LogP contribution in [-0.2, 0) is 24.8 Å². The fraction of sp³-hybridized carbons (Fsp3) is 0.333. The van der Waals surface area contributed by atoms with Crippen LogP contribution in [-0.4, -0.2) is 37.7 Å². The van der Waals surface area contributed by atoms with Gasteiger partial charge in [-0.05, 0) is 24.3 Å². The first kappa shape index (κ1) is 17.1. The quantitative estimate of drug-likeness (QED) is 0.643. The molecule has 2 fully saturated rings. The molecule has 1 aromatic rings. The molecular weight excluding hydrogens is 309 g/mol. The summed E-state index contributed by atoms with van der Waals surface area (Å²) >= 11 is 0. The number of rotatable bonds is 3. The van der Waals surface area contributed by atoms with Gasteiger partial charge in [-0.15, -0.1) is 0 Å². The fourth-order valence-electron chi connectivity index (χ4n) is 2.25. The lowest BCUT2D eigenvalue weighted by Crippen LogP contribution is -2.46. The molecule has 2 aliphatic rings. The topological polar surface area (TPSA) is 111 Å². The van der Waals surface area contributed by atoms with Crippen LogP contribution in [0.2, 0.25) is 0 Å². The first-order chi connectivity index (χ1) is 10.9. The van der Waals surface area contributed by atoms with E-state index in [2.05, 4.69) is 5.32 Å². The summed E-state index contributed by atoms with van der Waals surface area (Å²) in [6.07, 6.45) is 0.883. The molecule has 0 aliphatic carbocycles. The van der Waals surface area contributed by atoms with Crippen molar-refractivity contribution in [3.05, 3.63) is 47.8 Å². The van der Waals surface area contributed by atoms with Gasteiger partial charge in [-0.1, -0.05) is 12.1 Å². The monoisotopic (exact) mass is 323 g/mol. The lowest BCUT2D eigenvalue weighted by Gasteiger charge is -2.32. The molecule has 7 nitrogen and oxygen atoms in total. The van der Waals surface area contributed by atoms with Crippen molar-refractivity contribution in [3.8, 4) is 0 Å². The first-order valence-electron chi connectivity index (χ1n) is 6.80. The first-order valence-corrected chi connectivity index (χ1v) is 6.80. The highest BCUT2D eigenvalue weighted by Gasteiger charge is 2.45. The highest BCUT2D eigenvalue weighted by molar-refractivity contribution is 5.87. The molecule has 0 spiro atoms. The molecule has 0 radical (unpaired) electrons. The Hall–Kier alpha value is -2.29. The molecule has 1 aromatic carbocycles. The van der Waals surface area contributed by atoms with Gasteiger partial charge in [0.2, 0.25) is 5.79 Å². The van der Waals surface area contributed by atoms with Gasteiger partial charge in [0.05, 0.1) is 31.2 Å². The molecule has 23 heavy (non-hydrogen) atoms. The van der Waals surface area contributed by atoms with Crippen molar-refractivity contribution < 1.29 is 33.7 Å². The van der Waals surface area contributed by atoms with Crippen molar-refractivity contribution in [2.75, 3.05) is 19.7 Å². The molecule has 2 aliphatic heterocycles. The Morgan fingerprint density at radius 1 is 1.22 bits per heavy atom. The second kappa shape index (κ2) is 7.32. The Kier molecular flexibility index (Phi) is 5.43. The van der Waals surface area contributed by atoms with Gasteiger partial charge in [0.15, 0.2) is 0 Å². The maximum Gasteiger partial charge on any atom is 0.208 e. The summed E-state index contributed by atoms with van der Waals surface area (Å²) in [5.74, 6) is -4.03. The Labute approximate surface area is 131 Å². The van der Waals surface area contributed by atoms with Crippen molar-refractivity contribution in [2.45, 2.75) is 11.9 Å². The van der Waals surface area contributed by atoms with Crippen molar-refractivity contribution >= 4 is 11.9 Å². The normalized spacial score (nSPS) is 25.7. The Balaban J connectivity index is 0.000000207. The zero-order valence-corrected chi connectivity index (χ0v) is 12.0. The number of benzene rings is 1. The summed E-state index contributed by atoms with van der Waals surface area (Å²) in [5, 5.41) is 22.1. The van der Waals surface area contributed by atoms with E-state index in [1.807, 2.05) is 0 Å². The summed E-state index contributed by atoms with van der Waals surface area (Å²) in [6.45, 7) is 2.04. The van der Waals surface area contributed by atoms with E-state index in [4.69, 9.17) is 9.47 Å². The van der Waals surface area contributed by atoms with Gasteiger partial charge in [0.1, 0.15) is 5.82 Å². The largest absolute Gasteiger partial charge is 0.545 e. The van der Waals surface area contributed by atoms with Crippen LogP contribution < -0.4 is 15.5 Å². The number of carbonyl (C=O) groups excluding carboxylic acids is 2. The van der Waals surface area contributed by atoms with Crippen LogP contribution in [0.1, 0.15) is 5.56 Å². The van der Waals surface area contributed by atoms with Crippen molar-refractivity contribution in [1.82, 2.24) is 5.32 Å². The van der Waals surface area contributed by atoms with Crippen molar-refractivity contribution in [2.24, 2.45) is 0 Å². The molecule has 2 atom stereocenters. The zero-order valence-electron chi connectivity index (χ0n) is 12.0. The number of nitrogens with one attached hydrogen (secondary N) is 1. The van der Waals surface area contributed by atoms with Gasteiger partial charge in [0.25, 0.3) is 0 Å². The van der Waals surface area contributed by atoms with Gasteiger partial charge >= 0.3 is 0 Å². The van der Waals surface area contributed by atoms with E-state index in [1.54, 1.807) is 12.1 Å². The van der Waals surface area contributed by atoms with Gasteiger partial charge in [-0.3, -0.25) is 0 Å². The summed E-state index contributed by atoms with van der Waals surface area (Å²) < 4.78 is 24.3. The number of aliphatic carboxylic acids is 2. The third-order valence-electron chi connectivity index (χ3n) is 3.23. The molecule has 2 unspecified atom stereocenters. The maximum absolute atomic E-state index is 12.8. The number of ether oxygens (including phenoxy) is 2. The Morgan fingerprint density at radius 3 is 2.39 bits per heavy atom. The summed E-state index contributed by atoms with van der Waals surface area (Å²) in [4.78, 5) is 18.8. The molecule has 2 saturated heterocycles. The van der Waals surface area contributed by atoms with Crippen LogP contribution in [0, 0.1) is 5.82 Å². The highest BCUT2D eigenvalue weighted by Crippen LogP contribution is 2.35. The van der Waals surface area contributed by atoms with Crippen LogP contribution in [0.5, 0.6) is 0 Å². The van der Waals surface area contributed by atoms with E-state index in [0.717, 1.165) is 12.1 Å². The van der Waals surface area contributed by atoms with E-state index in [-0.39, 0.29) is 11.9 Å². The fourth-order valence-corrected chi connectivity index (χ4v) is 2.25. The van der Waals surface area contributed by atoms with Crippen LogP contribution in [0.3, 0.4) is 0 Å². The predicted octanol–water partition coefficient (Wildman–Crippen LogP) is -1.96. The van der Waals surface area contributed by atoms with E-state index in [0.29, 0.717) is 25.3 Å². The average molecular weight is 323 g/mol. The third kappa shape index (κ3) is 4.59. The van der Waals surface area contributed by atoms with Gasteiger partial charge < -0.3 is 34.6 Å².